The van der Waals surface area contributed by atoms with E-state index < -0.39 is 6.04 Å². The van der Waals surface area contributed by atoms with Crippen LogP contribution >= 0.6 is 11.3 Å². The number of thiophene rings is 1. The van der Waals surface area contributed by atoms with Gasteiger partial charge in [0.05, 0.1) is 11.7 Å². The second-order valence-corrected chi connectivity index (χ2v) is 7.54. The fourth-order valence-electron chi connectivity index (χ4n) is 3.13. The maximum atomic E-state index is 13.3. The van der Waals surface area contributed by atoms with E-state index in [-0.39, 0.29) is 36.2 Å². The van der Waals surface area contributed by atoms with Gasteiger partial charge in [-0.15, -0.1) is 11.3 Å². The maximum absolute atomic E-state index is 13.3. The molecule has 0 spiro atoms. The number of nitrogens with zero attached hydrogens (tertiary/aromatic N) is 2. The van der Waals surface area contributed by atoms with Crippen molar-refractivity contribution in [2.45, 2.75) is 18.9 Å². The minimum Gasteiger partial charge on any atom is -0.339 e. The fraction of sp³-hybridized carbons (Fsp3) is 0.136. The molecule has 7 heteroatoms. The van der Waals surface area contributed by atoms with Gasteiger partial charge in [0.1, 0.15) is 11.5 Å². The number of para-hydroxylation sites is 1. The van der Waals surface area contributed by atoms with Gasteiger partial charge in [0.2, 0.25) is 5.91 Å². The molecule has 0 bridgehead atoms. The monoisotopic (exact) mass is 407 g/mol. The molecule has 2 amide bonds. The summed E-state index contributed by atoms with van der Waals surface area (Å²) < 4.78 is 13.3. The molecular weight excluding hydrogens is 389 g/mol. The number of benzene rings is 2. The number of hydrogen-bond donors (Lipinski definition) is 1. The molecule has 0 radical (unpaired) electrons. The number of amides is 2. The summed E-state index contributed by atoms with van der Waals surface area (Å²) in [4.78, 5) is 26.2. The number of halogens is 1. The lowest BCUT2D eigenvalue weighted by Gasteiger charge is -2.24. The van der Waals surface area contributed by atoms with E-state index in [2.05, 4.69) is 10.4 Å². The molecule has 4 rings (SSSR count). The summed E-state index contributed by atoms with van der Waals surface area (Å²) >= 11 is 1.50. The van der Waals surface area contributed by atoms with Crippen molar-refractivity contribution in [1.82, 2.24) is 5.32 Å². The Morgan fingerprint density at radius 2 is 1.79 bits per heavy atom. The lowest BCUT2D eigenvalue weighted by molar-refractivity contribution is -0.119. The van der Waals surface area contributed by atoms with Crippen LogP contribution in [0.2, 0.25) is 0 Å². The Morgan fingerprint density at radius 3 is 2.48 bits per heavy atom. The van der Waals surface area contributed by atoms with Crippen LogP contribution in [0.4, 0.5) is 10.1 Å². The molecule has 29 heavy (non-hydrogen) atoms. The van der Waals surface area contributed by atoms with E-state index in [1.54, 1.807) is 24.3 Å². The summed E-state index contributed by atoms with van der Waals surface area (Å²) in [6.07, 6.45) is 0.482. The van der Waals surface area contributed by atoms with Crippen LogP contribution in [0.15, 0.2) is 77.2 Å². The molecule has 1 atom stereocenters. The van der Waals surface area contributed by atoms with Crippen LogP contribution in [0.25, 0.3) is 0 Å². The predicted molar refractivity (Wildman–Crippen MR) is 111 cm³/mol. The van der Waals surface area contributed by atoms with Crippen LogP contribution in [-0.2, 0) is 9.59 Å². The minimum absolute atomic E-state index is 0.152. The first kappa shape index (κ1) is 19.0. The molecule has 0 saturated carbocycles. The zero-order chi connectivity index (χ0) is 20.2. The molecule has 2 aromatic carbocycles. The summed E-state index contributed by atoms with van der Waals surface area (Å²) in [5.41, 5.74) is 1.68. The molecule has 5 nitrogen and oxygen atoms in total. The molecule has 2 heterocycles. The Morgan fingerprint density at radius 1 is 1.03 bits per heavy atom. The number of nitrogens with one attached hydrogen (secondary N) is 1. The van der Waals surface area contributed by atoms with E-state index in [9.17, 15) is 14.0 Å². The lowest BCUT2D eigenvalue weighted by atomic mass is 10.0. The highest BCUT2D eigenvalue weighted by molar-refractivity contribution is 7.10. The molecule has 0 aliphatic carbocycles. The number of rotatable bonds is 5. The van der Waals surface area contributed by atoms with Gasteiger partial charge in [0.25, 0.3) is 5.91 Å². The van der Waals surface area contributed by atoms with Crippen LogP contribution in [0, 0.1) is 5.82 Å². The Hall–Kier alpha value is -3.32. The van der Waals surface area contributed by atoms with Crippen molar-refractivity contribution in [2.24, 2.45) is 5.10 Å². The van der Waals surface area contributed by atoms with Crippen molar-refractivity contribution in [2.75, 3.05) is 5.01 Å². The Kier molecular flexibility index (Phi) is 5.48. The summed E-state index contributed by atoms with van der Waals surface area (Å²) in [6, 6.07) is 18.5. The largest absolute Gasteiger partial charge is 0.339 e. The minimum atomic E-state index is -0.423. The molecule has 0 saturated heterocycles. The van der Waals surface area contributed by atoms with Crippen LogP contribution in [0.3, 0.4) is 0 Å². The van der Waals surface area contributed by atoms with Gasteiger partial charge < -0.3 is 5.32 Å². The first-order valence-corrected chi connectivity index (χ1v) is 10.0. The van der Waals surface area contributed by atoms with Crippen molar-refractivity contribution in [3.63, 3.8) is 0 Å². The normalized spacial score (nSPS) is 15.0. The highest BCUT2D eigenvalue weighted by Crippen LogP contribution is 2.27. The standard InChI is InChI=1S/C22H18FN3O2S/c23-16-10-8-15(9-11-16)21(19-7-4-14-29-19)24-22(28)18-12-13-20(27)26(25-18)17-5-2-1-3-6-17/h1-11,14,21H,12-13H2,(H,24,28)/t21-/m0/s1. The predicted octanol–water partition coefficient (Wildman–Crippen LogP) is 4.28. The molecule has 3 aromatic rings. The molecular formula is C22H18FN3O2S. The maximum Gasteiger partial charge on any atom is 0.268 e. The number of hydrogen-bond acceptors (Lipinski definition) is 4. The SMILES string of the molecule is O=C(N[C@@H](c1ccc(F)cc1)c1cccs1)C1=NN(c2ccccc2)C(=O)CC1. The van der Waals surface area contributed by atoms with Crippen molar-refractivity contribution >= 4 is 34.6 Å². The fourth-order valence-corrected chi connectivity index (χ4v) is 3.93. The van der Waals surface area contributed by atoms with E-state index in [1.807, 2.05) is 35.7 Å². The third-order valence-corrected chi connectivity index (χ3v) is 5.54. The van der Waals surface area contributed by atoms with E-state index in [4.69, 9.17) is 0 Å². The summed E-state index contributed by atoms with van der Waals surface area (Å²) in [5, 5.41) is 10.5. The van der Waals surface area contributed by atoms with E-state index >= 15 is 0 Å². The van der Waals surface area contributed by atoms with Gasteiger partial charge in [0.15, 0.2) is 0 Å². The molecule has 0 unspecified atom stereocenters. The van der Waals surface area contributed by atoms with Gasteiger partial charge in [-0.2, -0.15) is 5.10 Å². The van der Waals surface area contributed by atoms with Gasteiger partial charge in [-0.3, -0.25) is 9.59 Å². The van der Waals surface area contributed by atoms with Gasteiger partial charge in [-0.25, -0.2) is 9.40 Å². The van der Waals surface area contributed by atoms with Gasteiger partial charge in [0, 0.05) is 17.7 Å². The summed E-state index contributed by atoms with van der Waals surface area (Å²) in [5.74, 6) is -0.832. The molecule has 1 aliphatic rings. The second kappa shape index (κ2) is 8.36. The van der Waals surface area contributed by atoms with E-state index in [1.165, 1.54) is 28.5 Å². The van der Waals surface area contributed by atoms with Gasteiger partial charge >= 0.3 is 0 Å². The zero-order valence-electron chi connectivity index (χ0n) is 15.4. The van der Waals surface area contributed by atoms with Crippen molar-refractivity contribution in [3.8, 4) is 0 Å². The third-order valence-electron chi connectivity index (χ3n) is 4.60. The number of hydrazone groups is 1. The Labute approximate surface area is 171 Å². The Bertz CT molecular complexity index is 1030. The number of anilines is 1. The van der Waals surface area contributed by atoms with Gasteiger partial charge in [-0.05, 0) is 41.3 Å². The topological polar surface area (TPSA) is 61.8 Å². The molecule has 1 aliphatic heterocycles. The highest BCUT2D eigenvalue weighted by atomic mass is 32.1. The van der Waals surface area contributed by atoms with Crippen molar-refractivity contribution < 1.29 is 14.0 Å². The van der Waals surface area contributed by atoms with Crippen LogP contribution in [0.5, 0.6) is 0 Å². The quantitative estimate of drug-likeness (QED) is 0.686. The average Bonchev–Trinajstić information content (AvgIpc) is 3.28. The molecule has 146 valence electrons. The first-order valence-electron chi connectivity index (χ1n) is 9.17. The van der Waals surface area contributed by atoms with Crippen LogP contribution < -0.4 is 10.3 Å². The Balaban J connectivity index is 1.60. The van der Waals surface area contributed by atoms with E-state index in [0.29, 0.717) is 5.69 Å². The van der Waals surface area contributed by atoms with Crippen LogP contribution in [0.1, 0.15) is 29.3 Å². The summed E-state index contributed by atoms with van der Waals surface area (Å²) in [7, 11) is 0. The number of carbonyl (C=O) groups excluding carboxylic acids is 2. The summed E-state index contributed by atoms with van der Waals surface area (Å²) in [6.45, 7) is 0. The molecule has 0 fully saturated rings. The smallest absolute Gasteiger partial charge is 0.268 e. The van der Waals surface area contributed by atoms with Crippen molar-refractivity contribution in [3.05, 3.63) is 88.4 Å². The average molecular weight is 407 g/mol. The third kappa shape index (κ3) is 4.25. The molecule has 1 N–H and O–H groups in total. The number of carbonyl (C=O) groups is 2. The van der Waals surface area contributed by atoms with Crippen LogP contribution in [-0.4, -0.2) is 17.5 Å². The van der Waals surface area contributed by atoms with Crippen molar-refractivity contribution in [1.29, 1.82) is 0 Å². The second-order valence-electron chi connectivity index (χ2n) is 6.56. The van der Waals surface area contributed by atoms with E-state index in [0.717, 1.165) is 10.4 Å². The zero-order valence-corrected chi connectivity index (χ0v) is 16.2. The first-order chi connectivity index (χ1) is 14.1. The highest BCUT2D eigenvalue weighted by Gasteiger charge is 2.27. The van der Waals surface area contributed by atoms with Gasteiger partial charge in [-0.1, -0.05) is 36.4 Å². The molecule has 1 aromatic heterocycles. The lowest BCUT2D eigenvalue weighted by Crippen LogP contribution is -2.40.